The highest BCUT2D eigenvalue weighted by molar-refractivity contribution is 6.11. The first-order valence-corrected chi connectivity index (χ1v) is 15.1. The summed E-state index contributed by atoms with van der Waals surface area (Å²) in [7, 11) is 0. The second-order valence-electron chi connectivity index (χ2n) is 12.1. The van der Waals surface area contributed by atoms with Crippen LogP contribution in [-0.4, -0.2) is 42.6 Å². The number of aryl methyl sites for hydroxylation is 1. The number of carbonyl (C=O) groups is 3. The fourth-order valence-electron chi connectivity index (χ4n) is 4.10. The molecule has 0 atom stereocenters. The highest BCUT2D eigenvalue weighted by atomic mass is 16.5. The number of carboxylic acid groups (broad SMARTS) is 1. The molecular weight excluding hydrogens is 560 g/mol. The van der Waals surface area contributed by atoms with Crippen molar-refractivity contribution in [1.29, 1.82) is 0 Å². The molecule has 1 N–H and O–H groups in total. The molecule has 0 unspecified atom stereocenters. The summed E-state index contributed by atoms with van der Waals surface area (Å²) >= 11 is 0. The summed E-state index contributed by atoms with van der Waals surface area (Å²) in [6.45, 7) is 13.7. The van der Waals surface area contributed by atoms with Crippen LogP contribution in [0.3, 0.4) is 0 Å². The van der Waals surface area contributed by atoms with Gasteiger partial charge in [0.2, 0.25) is 0 Å². The number of ether oxygens (including phenoxy) is 4. The molecule has 44 heavy (non-hydrogen) atoms. The van der Waals surface area contributed by atoms with Crippen LogP contribution in [0.4, 0.5) is 0 Å². The number of hydrogen-bond donors (Lipinski definition) is 1. The second kappa shape index (κ2) is 16.5. The Bertz CT molecular complexity index is 1410. The summed E-state index contributed by atoms with van der Waals surface area (Å²) in [4.78, 5) is 37.4. The molecule has 3 aromatic carbocycles. The van der Waals surface area contributed by atoms with Gasteiger partial charge in [-0.3, -0.25) is 9.59 Å². The van der Waals surface area contributed by atoms with E-state index in [-0.39, 0.29) is 42.2 Å². The molecule has 0 radical (unpaired) electrons. The molecule has 0 amide bonds. The molecule has 0 aliphatic carbocycles. The minimum Gasteiger partial charge on any atom is -0.493 e. The fraction of sp³-hybridized carbons (Fsp3) is 0.417. The summed E-state index contributed by atoms with van der Waals surface area (Å²) in [6.07, 6.45) is 0.433. The lowest BCUT2D eigenvalue weighted by atomic mass is 9.98. The van der Waals surface area contributed by atoms with Crippen LogP contribution in [0.1, 0.15) is 85.4 Å². The maximum Gasteiger partial charge on any atom is 0.335 e. The van der Waals surface area contributed by atoms with E-state index in [1.807, 2.05) is 27.7 Å². The van der Waals surface area contributed by atoms with Gasteiger partial charge in [0, 0.05) is 18.1 Å². The van der Waals surface area contributed by atoms with Gasteiger partial charge in [0.15, 0.2) is 5.78 Å². The molecule has 0 saturated heterocycles. The SMILES string of the molecule is CC(C)COC(=O)CCc1cc(C(=O)c2ccc(OCC(C)C)cc2OCC(C)C)ccc1OCc1ccc(C(=O)O)cc1. The van der Waals surface area contributed by atoms with Crippen molar-refractivity contribution in [2.24, 2.45) is 17.8 Å². The molecule has 8 nitrogen and oxygen atoms in total. The second-order valence-corrected chi connectivity index (χ2v) is 12.1. The highest BCUT2D eigenvalue weighted by Crippen LogP contribution is 2.30. The van der Waals surface area contributed by atoms with Crippen LogP contribution in [0, 0.1) is 17.8 Å². The van der Waals surface area contributed by atoms with E-state index in [4.69, 9.17) is 24.1 Å². The van der Waals surface area contributed by atoms with E-state index in [2.05, 4.69) is 13.8 Å². The third-order valence-electron chi connectivity index (χ3n) is 6.45. The molecule has 3 aromatic rings. The molecule has 0 saturated carbocycles. The van der Waals surface area contributed by atoms with E-state index in [0.717, 1.165) is 5.56 Å². The molecule has 0 aliphatic rings. The van der Waals surface area contributed by atoms with E-state index in [1.54, 1.807) is 48.5 Å². The number of carboxylic acids is 1. The quantitative estimate of drug-likeness (QED) is 0.125. The minimum atomic E-state index is -1.00. The number of esters is 1. The van der Waals surface area contributed by atoms with Crippen molar-refractivity contribution in [2.75, 3.05) is 19.8 Å². The van der Waals surface area contributed by atoms with Crippen molar-refractivity contribution in [3.63, 3.8) is 0 Å². The van der Waals surface area contributed by atoms with Crippen LogP contribution < -0.4 is 14.2 Å². The molecule has 0 aromatic heterocycles. The Balaban J connectivity index is 1.89. The van der Waals surface area contributed by atoms with E-state index in [9.17, 15) is 14.4 Å². The summed E-state index contributed by atoms with van der Waals surface area (Å²) in [5, 5.41) is 9.16. The summed E-state index contributed by atoms with van der Waals surface area (Å²) in [6, 6.07) is 16.9. The molecule has 0 aliphatic heterocycles. The van der Waals surface area contributed by atoms with E-state index in [0.29, 0.717) is 66.1 Å². The van der Waals surface area contributed by atoms with Gasteiger partial charge in [0.1, 0.15) is 23.9 Å². The number of ketones is 1. The number of aromatic carboxylic acids is 1. The smallest absolute Gasteiger partial charge is 0.335 e. The number of hydrogen-bond acceptors (Lipinski definition) is 7. The lowest BCUT2D eigenvalue weighted by Gasteiger charge is -2.17. The summed E-state index contributed by atoms with van der Waals surface area (Å²) < 4.78 is 23.4. The first kappa shape index (κ1) is 34.2. The number of rotatable bonds is 17. The largest absolute Gasteiger partial charge is 0.493 e. The Morgan fingerprint density at radius 1 is 0.682 bits per heavy atom. The molecule has 0 heterocycles. The van der Waals surface area contributed by atoms with Crippen LogP contribution >= 0.6 is 0 Å². The van der Waals surface area contributed by atoms with Gasteiger partial charge in [0.25, 0.3) is 0 Å². The molecule has 236 valence electrons. The Hall–Kier alpha value is -4.33. The maximum atomic E-state index is 13.8. The molecule has 0 spiro atoms. The van der Waals surface area contributed by atoms with Gasteiger partial charge in [-0.2, -0.15) is 0 Å². The van der Waals surface area contributed by atoms with Crippen molar-refractivity contribution < 1.29 is 38.4 Å². The summed E-state index contributed by atoms with van der Waals surface area (Å²) in [5.41, 5.74) is 2.50. The predicted molar refractivity (Wildman–Crippen MR) is 169 cm³/mol. The highest BCUT2D eigenvalue weighted by Gasteiger charge is 2.19. The standard InChI is InChI=1S/C36H44O8/c1-23(2)19-41-30-13-14-31(33(18-30)42-20-24(3)4)35(38)29-11-15-32(28(17-29)12-16-34(37)44-21-25(5)6)43-22-26-7-9-27(10-8-26)36(39)40/h7-11,13-15,17-18,23-25H,12,16,19-22H2,1-6H3,(H,39,40). The lowest BCUT2D eigenvalue weighted by Crippen LogP contribution is -2.12. The zero-order chi connectivity index (χ0) is 32.2. The monoisotopic (exact) mass is 604 g/mol. The molecule has 3 rings (SSSR count). The van der Waals surface area contributed by atoms with E-state index < -0.39 is 5.97 Å². The number of benzene rings is 3. The zero-order valence-electron chi connectivity index (χ0n) is 26.6. The van der Waals surface area contributed by atoms with Crippen molar-refractivity contribution in [2.45, 2.75) is 61.0 Å². The molecule has 0 bridgehead atoms. The summed E-state index contributed by atoms with van der Waals surface area (Å²) in [5.74, 6) is 0.892. The molecule has 8 heteroatoms. The topological polar surface area (TPSA) is 108 Å². The van der Waals surface area contributed by atoms with Gasteiger partial charge in [0.05, 0.1) is 30.9 Å². The van der Waals surface area contributed by atoms with Crippen LogP contribution in [0.15, 0.2) is 60.7 Å². The predicted octanol–water partition coefficient (Wildman–Crippen LogP) is 7.40. The van der Waals surface area contributed by atoms with Crippen molar-refractivity contribution in [3.8, 4) is 17.2 Å². The third-order valence-corrected chi connectivity index (χ3v) is 6.45. The van der Waals surface area contributed by atoms with Gasteiger partial charge in [-0.25, -0.2) is 4.79 Å². The normalized spacial score (nSPS) is 11.1. The van der Waals surface area contributed by atoms with Crippen LogP contribution in [0.5, 0.6) is 17.2 Å². The molecular formula is C36H44O8. The van der Waals surface area contributed by atoms with Crippen molar-refractivity contribution >= 4 is 17.7 Å². The first-order valence-electron chi connectivity index (χ1n) is 15.1. The zero-order valence-corrected chi connectivity index (χ0v) is 26.6. The van der Waals surface area contributed by atoms with Gasteiger partial charge < -0.3 is 24.1 Å². The minimum absolute atomic E-state index is 0.124. The Morgan fingerprint density at radius 2 is 1.32 bits per heavy atom. The Labute approximate surface area is 260 Å². The average molecular weight is 605 g/mol. The van der Waals surface area contributed by atoms with Gasteiger partial charge in [-0.15, -0.1) is 0 Å². The maximum absolute atomic E-state index is 13.8. The van der Waals surface area contributed by atoms with Crippen molar-refractivity contribution in [1.82, 2.24) is 0 Å². The Kier molecular flexibility index (Phi) is 12.8. The molecule has 0 fully saturated rings. The lowest BCUT2D eigenvalue weighted by molar-refractivity contribution is -0.144. The first-order chi connectivity index (χ1) is 20.9. The van der Waals surface area contributed by atoms with Gasteiger partial charge in [-0.05, 0) is 77.8 Å². The van der Waals surface area contributed by atoms with Gasteiger partial charge in [-0.1, -0.05) is 53.7 Å². The van der Waals surface area contributed by atoms with E-state index in [1.165, 1.54) is 12.1 Å². The van der Waals surface area contributed by atoms with E-state index >= 15 is 0 Å². The number of carbonyl (C=O) groups excluding carboxylic acids is 2. The third kappa shape index (κ3) is 10.7. The Morgan fingerprint density at radius 3 is 1.95 bits per heavy atom. The van der Waals surface area contributed by atoms with Crippen LogP contribution in [0.2, 0.25) is 0 Å². The average Bonchev–Trinajstić information content (AvgIpc) is 2.99. The van der Waals surface area contributed by atoms with Crippen molar-refractivity contribution in [3.05, 3.63) is 88.5 Å². The van der Waals surface area contributed by atoms with Gasteiger partial charge >= 0.3 is 11.9 Å². The van der Waals surface area contributed by atoms with Crippen LogP contribution in [-0.2, 0) is 22.6 Å². The fourth-order valence-corrected chi connectivity index (χ4v) is 4.10. The van der Waals surface area contributed by atoms with Crippen LogP contribution in [0.25, 0.3) is 0 Å².